The largest absolute Gasteiger partial charge is 0.297 e. The lowest BCUT2D eigenvalue weighted by atomic mass is 9.85. The molecule has 3 nitrogen and oxygen atoms in total. The molecule has 0 heterocycles. The fraction of sp³-hybridized carbons (Fsp3) is 0.217. The first-order chi connectivity index (χ1) is 13.4. The summed E-state index contributed by atoms with van der Waals surface area (Å²) in [7, 11) is -4.02. The first kappa shape index (κ1) is 18.8. The van der Waals surface area contributed by atoms with E-state index in [0.29, 0.717) is 0 Å². The van der Waals surface area contributed by atoms with E-state index < -0.39 is 27.8 Å². The summed E-state index contributed by atoms with van der Waals surface area (Å²) in [5.41, 5.74) is -0.124. The van der Waals surface area contributed by atoms with Crippen LogP contribution in [-0.4, -0.2) is 20.7 Å². The number of hydrogen-bond donors (Lipinski definition) is 0. The van der Waals surface area contributed by atoms with Gasteiger partial charge in [0.2, 0.25) is 0 Å². The van der Waals surface area contributed by atoms with Gasteiger partial charge in [0.15, 0.2) is 5.67 Å². The molecule has 0 amide bonds. The minimum absolute atomic E-state index is 0.0346. The van der Waals surface area contributed by atoms with Crippen molar-refractivity contribution < 1.29 is 17.0 Å². The van der Waals surface area contributed by atoms with Crippen molar-refractivity contribution in [2.24, 2.45) is 0 Å². The van der Waals surface area contributed by atoms with Crippen LogP contribution in [0.2, 0.25) is 0 Å². The second kappa shape index (κ2) is 6.83. The van der Waals surface area contributed by atoms with Crippen molar-refractivity contribution in [2.45, 2.75) is 29.3 Å². The smallest absolute Gasteiger partial charge is 0.263 e. The van der Waals surface area contributed by atoms with Crippen LogP contribution in [0.5, 0.6) is 0 Å². The molecule has 1 fully saturated rings. The van der Waals surface area contributed by atoms with Crippen LogP contribution in [0.1, 0.15) is 23.1 Å². The van der Waals surface area contributed by atoms with Crippen LogP contribution in [-0.2, 0) is 19.7 Å². The number of benzene rings is 3. The maximum Gasteiger partial charge on any atom is 0.297 e. The van der Waals surface area contributed by atoms with Gasteiger partial charge in [0, 0.05) is 6.42 Å². The molecule has 28 heavy (non-hydrogen) atoms. The SMILES string of the molecule is Cc1ccc(S(=O)(=O)OCC2(F)CC2(c2ccccc2)c2ccccc2)cc1. The fourth-order valence-electron chi connectivity index (χ4n) is 3.83. The van der Waals surface area contributed by atoms with Crippen LogP contribution >= 0.6 is 0 Å². The van der Waals surface area contributed by atoms with Crippen molar-refractivity contribution in [3.8, 4) is 0 Å². The van der Waals surface area contributed by atoms with Gasteiger partial charge in [0.1, 0.15) is 6.61 Å². The molecule has 0 radical (unpaired) electrons. The van der Waals surface area contributed by atoms with Gasteiger partial charge in [-0.15, -0.1) is 0 Å². The number of hydrogen-bond acceptors (Lipinski definition) is 3. The molecule has 0 saturated heterocycles. The van der Waals surface area contributed by atoms with Crippen LogP contribution in [0.3, 0.4) is 0 Å². The Morgan fingerprint density at radius 2 is 1.36 bits per heavy atom. The molecule has 0 aliphatic heterocycles. The molecule has 144 valence electrons. The van der Waals surface area contributed by atoms with Crippen molar-refractivity contribution >= 4 is 10.1 Å². The van der Waals surface area contributed by atoms with E-state index in [1.165, 1.54) is 12.1 Å². The van der Waals surface area contributed by atoms with Crippen LogP contribution in [0.15, 0.2) is 89.8 Å². The first-order valence-electron chi connectivity index (χ1n) is 9.14. The van der Waals surface area contributed by atoms with Gasteiger partial charge in [0.25, 0.3) is 10.1 Å². The third-order valence-electron chi connectivity index (χ3n) is 5.47. The van der Waals surface area contributed by atoms with E-state index in [9.17, 15) is 8.42 Å². The lowest BCUT2D eigenvalue weighted by Gasteiger charge is -2.22. The second-order valence-electron chi connectivity index (χ2n) is 7.31. The highest BCUT2D eigenvalue weighted by atomic mass is 32.2. The Morgan fingerprint density at radius 3 is 1.86 bits per heavy atom. The molecule has 0 aromatic heterocycles. The summed E-state index contributed by atoms with van der Waals surface area (Å²) in [6.07, 6.45) is 0.178. The predicted octanol–water partition coefficient (Wildman–Crippen LogP) is 4.80. The van der Waals surface area contributed by atoms with Gasteiger partial charge in [0.05, 0.1) is 10.3 Å². The molecule has 3 aromatic rings. The molecule has 0 bridgehead atoms. The van der Waals surface area contributed by atoms with Crippen LogP contribution in [0.4, 0.5) is 4.39 Å². The minimum Gasteiger partial charge on any atom is -0.263 e. The molecule has 0 spiro atoms. The van der Waals surface area contributed by atoms with E-state index in [1.807, 2.05) is 67.6 Å². The zero-order valence-corrected chi connectivity index (χ0v) is 16.3. The highest BCUT2D eigenvalue weighted by Gasteiger charge is 2.71. The molecule has 5 heteroatoms. The number of alkyl halides is 1. The number of halogens is 1. The van der Waals surface area contributed by atoms with Gasteiger partial charge >= 0.3 is 0 Å². The van der Waals surface area contributed by atoms with Crippen molar-refractivity contribution in [2.75, 3.05) is 6.61 Å². The summed E-state index contributed by atoms with van der Waals surface area (Å²) in [5, 5.41) is 0. The van der Waals surface area contributed by atoms with Crippen molar-refractivity contribution in [1.82, 2.24) is 0 Å². The normalized spacial score (nSPS) is 20.6. The summed E-state index contributed by atoms with van der Waals surface area (Å²) >= 11 is 0. The highest BCUT2D eigenvalue weighted by Crippen LogP contribution is 2.64. The molecule has 1 aliphatic carbocycles. The van der Waals surface area contributed by atoms with Crippen molar-refractivity contribution in [1.29, 1.82) is 0 Å². The standard InChI is InChI=1S/C23H21FO3S/c1-18-12-14-21(15-13-18)28(25,26)27-17-22(24)16-23(22,19-8-4-2-5-9-19)20-10-6-3-7-11-20/h2-15H,16-17H2,1H3. The van der Waals surface area contributed by atoms with Crippen molar-refractivity contribution in [3.05, 3.63) is 102 Å². The Hall–Kier alpha value is -2.50. The van der Waals surface area contributed by atoms with Gasteiger partial charge in [-0.1, -0.05) is 78.4 Å². The molecule has 4 rings (SSSR count). The number of aryl methyl sites for hydroxylation is 1. The van der Waals surface area contributed by atoms with Gasteiger partial charge in [-0.05, 0) is 30.2 Å². The van der Waals surface area contributed by atoms with E-state index in [0.717, 1.165) is 16.7 Å². The topological polar surface area (TPSA) is 43.4 Å². The minimum atomic E-state index is -4.02. The summed E-state index contributed by atoms with van der Waals surface area (Å²) in [6, 6.07) is 25.1. The van der Waals surface area contributed by atoms with Gasteiger partial charge in [-0.2, -0.15) is 8.42 Å². The fourth-order valence-corrected chi connectivity index (χ4v) is 4.78. The third kappa shape index (κ3) is 3.15. The number of rotatable bonds is 6. The van der Waals surface area contributed by atoms with Gasteiger partial charge in [-0.3, -0.25) is 4.18 Å². The molecule has 0 N–H and O–H groups in total. The van der Waals surface area contributed by atoms with Crippen LogP contribution < -0.4 is 0 Å². The summed E-state index contributed by atoms with van der Waals surface area (Å²) < 4.78 is 46.1. The Labute approximate surface area is 164 Å². The summed E-state index contributed by atoms with van der Waals surface area (Å²) in [4.78, 5) is 0.0346. The van der Waals surface area contributed by atoms with Gasteiger partial charge < -0.3 is 0 Å². The Morgan fingerprint density at radius 1 is 0.857 bits per heavy atom. The monoisotopic (exact) mass is 396 g/mol. The Balaban J connectivity index is 1.63. The zero-order valence-electron chi connectivity index (χ0n) is 15.5. The van der Waals surface area contributed by atoms with Crippen LogP contribution in [0.25, 0.3) is 0 Å². The molecule has 1 atom stereocenters. The quantitative estimate of drug-likeness (QED) is 0.562. The third-order valence-corrected chi connectivity index (χ3v) is 6.75. The van der Waals surface area contributed by atoms with E-state index in [1.54, 1.807) is 12.1 Å². The average Bonchev–Trinajstić information content (AvgIpc) is 3.36. The average molecular weight is 396 g/mol. The van der Waals surface area contributed by atoms with Crippen molar-refractivity contribution in [3.63, 3.8) is 0 Å². The zero-order chi connectivity index (χ0) is 19.8. The molecule has 1 saturated carbocycles. The summed E-state index contributed by atoms with van der Waals surface area (Å²) in [5.74, 6) is 0. The van der Waals surface area contributed by atoms with Gasteiger partial charge in [-0.25, -0.2) is 4.39 Å². The maximum absolute atomic E-state index is 15.9. The van der Waals surface area contributed by atoms with E-state index in [4.69, 9.17) is 4.18 Å². The molecular formula is C23H21FO3S. The van der Waals surface area contributed by atoms with E-state index >= 15 is 4.39 Å². The Bertz CT molecular complexity index is 1020. The molecular weight excluding hydrogens is 375 g/mol. The predicted molar refractivity (Wildman–Crippen MR) is 106 cm³/mol. The van der Waals surface area contributed by atoms with E-state index in [2.05, 4.69) is 0 Å². The second-order valence-corrected chi connectivity index (χ2v) is 8.92. The Kier molecular flexibility index (Phi) is 4.60. The summed E-state index contributed by atoms with van der Waals surface area (Å²) in [6.45, 7) is 1.35. The lowest BCUT2D eigenvalue weighted by molar-refractivity contribution is 0.165. The maximum atomic E-state index is 15.9. The first-order valence-corrected chi connectivity index (χ1v) is 10.5. The lowest BCUT2D eigenvalue weighted by Crippen LogP contribution is -2.27. The molecule has 1 aliphatic rings. The molecule has 3 aromatic carbocycles. The van der Waals surface area contributed by atoms with Crippen LogP contribution in [0, 0.1) is 6.92 Å². The highest BCUT2D eigenvalue weighted by molar-refractivity contribution is 7.86. The molecule has 1 unspecified atom stereocenters. The van der Waals surface area contributed by atoms with E-state index in [-0.39, 0.29) is 11.3 Å².